The highest BCUT2D eigenvalue weighted by atomic mass is 16.2. The Balaban J connectivity index is 1.73. The molecule has 0 saturated carbocycles. The highest BCUT2D eigenvalue weighted by Gasteiger charge is 2.15. The monoisotopic (exact) mass is 392 g/mol. The summed E-state index contributed by atoms with van der Waals surface area (Å²) in [5, 5.41) is 14.1. The molecule has 0 radical (unpaired) electrons. The number of aromatic nitrogens is 7. The zero-order valence-electron chi connectivity index (χ0n) is 15.8. The number of benzene rings is 1. The quantitative estimate of drug-likeness (QED) is 0.526. The van der Waals surface area contributed by atoms with Crippen LogP contribution in [0.5, 0.6) is 0 Å². The number of amides is 1. The molecular weight excluding hydrogens is 376 g/mol. The van der Waals surface area contributed by atoms with Crippen molar-refractivity contribution in [1.29, 1.82) is 0 Å². The zero-order chi connectivity index (χ0) is 20.7. The molecule has 0 fully saturated rings. The summed E-state index contributed by atoms with van der Waals surface area (Å²) >= 11 is 0. The van der Waals surface area contributed by atoms with Crippen molar-refractivity contribution in [2.75, 3.05) is 5.32 Å². The number of tetrazole rings is 1. The lowest BCUT2D eigenvalue weighted by Crippen LogP contribution is -2.37. The van der Waals surface area contributed by atoms with Gasteiger partial charge in [-0.2, -0.15) is 0 Å². The molecule has 0 aliphatic heterocycles. The van der Waals surface area contributed by atoms with Crippen LogP contribution >= 0.6 is 0 Å². The van der Waals surface area contributed by atoms with Gasteiger partial charge in [-0.3, -0.25) is 18.7 Å². The number of carbonyl (C=O) groups is 1. The van der Waals surface area contributed by atoms with E-state index in [4.69, 9.17) is 0 Å². The fraction of sp³-hybridized carbons (Fsp3) is 0.167. The van der Waals surface area contributed by atoms with Gasteiger partial charge in [-0.15, -0.1) is 5.10 Å². The topological polar surface area (TPSA) is 130 Å². The zero-order valence-corrected chi connectivity index (χ0v) is 15.8. The molecule has 0 bridgehead atoms. The van der Waals surface area contributed by atoms with Crippen molar-refractivity contribution in [2.24, 2.45) is 14.1 Å². The van der Waals surface area contributed by atoms with Gasteiger partial charge in [0.1, 0.15) is 17.7 Å². The minimum Gasteiger partial charge on any atom is -0.320 e. The number of fused-ring (bicyclic) bond motifs is 1. The lowest BCUT2D eigenvalue weighted by atomic mass is 10.1. The fourth-order valence-electron chi connectivity index (χ4n) is 2.93. The molecule has 0 aliphatic rings. The van der Waals surface area contributed by atoms with Crippen LogP contribution in [0.25, 0.3) is 16.7 Å². The largest absolute Gasteiger partial charge is 0.332 e. The van der Waals surface area contributed by atoms with E-state index in [0.717, 1.165) is 10.1 Å². The molecule has 4 rings (SSSR count). The lowest BCUT2D eigenvalue weighted by Gasteiger charge is -2.11. The molecule has 29 heavy (non-hydrogen) atoms. The third-order valence-electron chi connectivity index (χ3n) is 4.62. The second kappa shape index (κ2) is 6.78. The highest BCUT2D eigenvalue weighted by Crippen LogP contribution is 2.20. The number of carbonyl (C=O) groups excluding carboxylic acids is 1. The number of pyridine rings is 1. The first-order chi connectivity index (χ1) is 13.9. The third kappa shape index (κ3) is 3.08. The summed E-state index contributed by atoms with van der Waals surface area (Å²) in [4.78, 5) is 41.4. The minimum absolute atomic E-state index is 0.0768. The molecule has 1 aromatic carbocycles. The molecule has 0 aliphatic carbocycles. The van der Waals surface area contributed by atoms with E-state index in [9.17, 15) is 14.4 Å². The number of anilines is 1. The van der Waals surface area contributed by atoms with E-state index in [1.807, 2.05) is 19.1 Å². The molecule has 11 heteroatoms. The summed E-state index contributed by atoms with van der Waals surface area (Å²) < 4.78 is 3.70. The van der Waals surface area contributed by atoms with Crippen LogP contribution in [0, 0.1) is 6.92 Å². The summed E-state index contributed by atoms with van der Waals surface area (Å²) in [5.41, 5.74) is 1.30. The molecule has 3 heterocycles. The molecule has 4 aromatic rings. The highest BCUT2D eigenvalue weighted by molar-refractivity contribution is 6.04. The van der Waals surface area contributed by atoms with Crippen LogP contribution in [0.1, 0.15) is 16.1 Å². The number of aryl methyl sites for hydroxylation is 2. The predicted octanol–water partition coefficient (Wildman–Crippen LogP) is 0.169. The first-order valence-electron chi connectivity index (χ1n) is 8.59. The van der Waals surface area contributed by atoms with Crippen molar-refractivity contribution in [3.05, 3.63) is 68.8 Å². The standard InChI is InChI=1S/C18H16N8O3/c1-10-4-5-11(26-9-19-22-23-26)8-14(10)21-16(27)13-7-6-12-15(20-13)24(2)18(29)25(3)17(12)28/h4-9H,1-3H3,(H,21,27). The average Bonchev–Trinajstić information content (AvgIpc) is 3.26. The maximum Gasteiger partial charge on any atom is 0.332 e. The van der Waals surface area contributed by atoms with E-state index in [2.05, 4.69) is 25.8 Å². The Bertz CT molecular complexity index is 1370. The Kier molecular flexibility index (Phi) is 4.26. The van der Waals surface area contributed by atoms with Crippen LogP contribution in [0.15, 0.2) is 46.2 Å². The first kappa shape index (κ1) is 18.2. The van der Waals surface area contributed by atoms with Crippen LogP contribution in [0.4, 0.5) is 5.69 Å². The Morgan fingerprint density at radius 2 is 1.86 bits per heavy atom. The maximum absolute atomic E-state index is 12.8. The Hall–Kier alpha value is -4.15. The van der Waals surface area contributed by atoms with Crippen LogP contribution < -0.4 is 16.6 Å². The van der Waals surface area contributed by atoms with E-state index < -0.39 is 17.2 Å². The number of hydrogen-bond donors (Lipinski definition) is 1. The minimum atomic E-state index is -0.516. The molecule has 1 amide bonds. The summed E-state index contributed by atoms with van der Waals surface area (Å²) in [7, 11) is 2.89. The van der Waals surface area contributed by atoms with E-state index in [1.165, 1.54) is 41.8 Å². The van der Waals surface area contributed by atoms with Gasteiger partial charge in [0.05, 0.1) is 11.1 Å². The van der Waals surface area contributed by atoms with Gasteiger partial charge in [-0.05, 0) is 47.2 Å². The van der Waals surface area contributed by atoms with Crippen LogP contribution in [-0.2, 0) is 14.1 Å². The summed E-state index contributed by atoms with van der Waals surface area (Å²) in [5.74, 6) is -0.475. The Morgan fingerprint density at radius 3 is 2.59 bits per heavy atom. The molecule has 11 nitrogen and oxygen atoms in total. The van der Waals surface area contributed by atoms with Gasteiger partial charge >= 0.3 is 5.69 Å². The maximum atomic E-state index is 12.8. The molecular formula is C18H16N8O3. The van der Waals surface area contributed by atoms with E-state index in [-0.39, 0.29) is 16.7 Å². The van der Waals surface area contributed by atoms with Gasteiger partial charge in [0, 0.05) is 19.8 Å². The molecule has 0 unspecified atom stereocenters. The van der Waals surface area contributed by atoms with Crippen molar-refractivity contribution in [3.8, 4) is 5.69 Å². The summed E-state index contributed by atoms with van der Waals surface area (Å²) in [6.07, 6.45) is 1.45. The summed E-state index contributed by atoms with van der Waals surface area (Å²) in [6.45, 7) is 1.85. The smallest absolute Gasteiger partial charge is 0.320 e. The Labute approximate surface area is 163 Å². The van der Waals surface area contributed by atoms with Crippen LogP contribution in [-0.4, -0.2) is 40.2 Å². The molecule has 0 saturated heterocycles. The number of hydrogen-bond acceptors (Lipinski definition) is 7. The molecule has 0 atom stereocenters. The van der Waals surface area contributed by atoms with Gasteiger partial charge in [0.2, 0.25) is 0 Å². The fourth-order valence-corrected chi connectivity index (χ4v) is 2.93. The second-order valence-electron chi connectivity index (χ2n) is 6.48. The SMILES string of the molecule is Cc1ccc(-n2cnnn2)cc1NC(=O)c1ccc2c(=O)n(C)c(=O)n(C)c2n1. The van der Waals surface area contributed by atoms with Crippen molar-refractivity contribution >= 4 is 22.6 Å². The molecule has 3 aromatic heterocycles. The van der Waals surface area contributed by atoms with E-state index in [0.29, 0.717) is 11.4 Å². The second-order valence-corrected chi connectivity index (χ2v) is 6.48. The number of rotatable bonds is 3. The van der Waals surface area contributed by atoms with Crippen LogP contribution in [0.2, 0.25) is 0 Å². The Morgan fingerprint density at radius 1 is 1.07 bits per heavy atom. The van der Waals surface area contributed by atoms with Crippen molar-refractivity contribution < 1.29 is 4.79 Å². The van der Waals surface area contributed by atoms with E-state index >= 15 is 0 Å². The number of nitrogens with one attached hydrogen (secondary N) is 1. The van der Waals surface area contributed by atoms with Gasteiger partial charge in [-0.1, -0.05) is 6.07 Å². The number of nitrogens with zero attached hydrogens (tertiary/aromatic N) is 7. The molecule has 146 valence electrons. The van der Waals surface area contributed by atoms with Crippen LogP contribution in [0.3, 0.4) is 0 Å². The van der Waals surface area contributed by atoms with Crippen molar-refractivity contribution in [2.45, 2.75) is 6.92 Å². The predicted molar refractivity (Wildman–Crippen MR) is 104 cm³/mol. The third-order valence-corrected chi connectivity index (χ3v) is 4.62. The van der Waals surface area contributed by atoms with Gasteiger partial charge in [-0.25, -0.2) is 14.5 Å². The summed E-state index contributed by atoms with van der Waals surface area (Å²) in [6, 6.07) is 8.32. The lowest BCUT2D eigenvalue weighted by molar-refractivity contribution is 0.102. The van der Waals surface area contributed by atoms with Crippen molar-refractivity contribution in [1.82, 2.24) is 34.3 Å². The van der Waals surface area contributed by atoms with Gasteiger partial charge in [0.25, 0.3) is 11.5 Å². The first-order valence-corrected chi connectivity index (χ1v) is 8.59. The van der Waals surface area contributed by atoms with Gasteiger partial charge in [0.15, 0.2) is 0 Å². The van der Waals surface area contributed by atoms with Gasteiger partial charge < -0.3 is 5.32 Å². The van der Waals surface area contributed by atoms with E-state index in [1.54, 1.807) is 6.07 Å². The normalized spacial score (nSPS) is 11.0. The van der Waals surface area contributed by atoms with Crippen molar-refractivity contribution in [3.63, 3.8) is 0 Å². The molecule has 1 N–H and O–H groups in total. The average molecular weight is 392 g/mol. The molecule has 0 spiro atoms.